The second kappa shape index (κ2) is 40.6. The summed E-state index contributed by atoms with van der Waals surface area (Å²) in [5.74, 6) is -5.26. The van der Waals surface area contributed by atoms with E-state index in [-0.39, 0.29) is 100 Å². The molecule has 588 valence electrons. The highest BCUT2D eigenvalue weighted by Gasteiger charge is 2.51. The van der Waals surface area contributed by atoms with Gasteiger partial charge < -0.3 is 87.6 Å². The Morgan fingerprint density at radius 2 is 1.50 bits per heavy atom. The molecule has 9 rings (SSSR count). The van der Waals surface area contributed by atoms with Gasteiger partial charge in [-0.15, -0.1) is 0 Å². The third-order valence-electron chi connectivity index (χ3n) is 17.3. The van der Waals surface area contributed by atoms with Crippen molar-refractivity contribution in [3.8, 4) is 5.88 Å². The zero-order chi connectivity index (χ0) is 77.5. The first-order valence-electron chi connectivity index (χ1n) is 34.7. The maximum Gasteiger partial charge on any atom is 0.410 e. The second-order valence-electron chi connectivity index (χ2n) is 25.7. The highest BCUT2D eigenvalue weighted by molar-refractivity contribution is 8.44. The molecule has 8 N–H and O–H groups in total. The summed E-state index contributed by atoms with van der Waals surface area (Å²) in [5.41, 5.74) is 0.0471. The Hall–Kier alpha value is -8.08. The minimum atomic E-state index is -4.39. The van der Waals surface area contributed by atoms with Crippen molar-refractivity contribution in [1.82, 2.24) is 55.2 Å². The number of aromatic amines is 1. The molecule has 0 radical (unpaired) electrons. The third-order valence-corrected chi connectivity index (χ3v) is 20.5. The van der Waals surface area contributed by atoms with Gasteiger partial charge in [-0.2, -0.15) is 4.98 Å². The number of hydrogen-bond acceptors (Lipinski definition) is 28. The van der Waals surface area contributed by atoms with E-state index >= 15 is 0 Å². The summed E-state index contributed by atoms with van der Waals surface area (Å²) in [6.07, 6.45) is -0.644. The molecule has 3 fully saturated rings. The number of imide groups is 1. The van der Waals surface area contributed by atoms with Crippen LogP contribution in [0.25, 0.3) is 11.2 Å². The summed E-state index contributed by atoms with van der Waals surface area (Å²) in [6, 6.07) is 10.8. The minimum Gasteiger partial charge on any atom is -0.474 e. The number of imidazole rings is 1. The number of carbonyl (C=O) groups is 8. The Kier molecular flexibility index (Phi) is 31.5. The number of aliphatic hydroxyl groups is 1. The summed E-state index contributed by atoms with van der Waals surface area (Å²) in [5, 5.41) is 25.0. The standard InChI is InChI=1S/C67H89N13O24P2S2/c1-40(2)55(74-62(87)48(12-8-9-22-79-53(82)17-18-54(79)83)73-51(81)20-23-94-26-27-96-30-31-97-29-28-95-25-24-93-5)63(88)71-41(3)60(85)72-45-15-13-42(14-16-45)35-98-67(90)78(4)34-43-10-6-7-11-47(43)61(86)76-66-75-59-56(64(89)77-66)70-39-80(59)65-58-57(84)50(102-65)37-100-105(91,107)103-49-33-46(101-52-19-21-68-38-69-52)32-44(49)36-99-106(92,108)104-58/h6-7,10-11,13-19,21,38-41,44,46,48-50,55,57-58,65,84H,8-9,12,20,22-37H2,1-5H3,(H,71,88)(H,72,85)(H,73,81)(H,74,87)(H,91,107)(H,92,108)(H2,75,76,77,86,89)/t41-,44+,46+,48-,49-,50-,55-,57+,58+,65+,105?,106?/m0/s1. The number of thiol groups is 1. The highest BCUT2D eigenvalue weighted by atomic mass is 32.7. The van der Waals surface area contributed by atoms with E-state index in [4.69, 9.17) is 67.8 Å². The maximum absolute atomic E-state index is 14.1. The molecule has 3 aromatic heterocycles. The molecule has 108 heavy (non-hydrogen) atoms. The smallest absolute Gasteiger partial charge is 0.410 e. The first-order valence-corrected chi connectivity index (χ1v) is 40.0. The number of hydrogen-bond donors (Lipinski definition) is 9. The van der Waals surface area contributed by atoms with Gasteiger partial charge >= 0.3 is 19.6 Å². The van der Waals surface area contributed by atoms with Crippen LogP contribution in [-0.4, -0.2) is 239 Å². The first kappa shape index (κ1) is 83.9. The quantitative estimate of drug-likeness (QED) is 0.0119. The van der Waals surface area contributed by atoms with Gasteiger partial charge in [0.2, 0.25) is 35.5 Å². The Balaban J connectivity index is 0.737. The lowest BCUT2D eigenvalue weighted by Crippen LogP contribution is -2.57. The van der Waals surface area contributed by atoms with E-state index in [0.29, 0.717) is 69.3 Å². The van der Waals surface area contributed by atoms with Crippen molar-refractivity contribution < 1.29 is 109 Å². The van der Waals surface area contributed by atoms with Crippen LogP contribution in [0, 0.1) is 11.8 Å². The zero-order valence-electron chi connectivity index (χ0n) is 59.8. The van der Waals surface area contributed by atoms with E-state index in [9.17, 15) is 57.7 Å². The Labute approximate surface area is 630 Å². The Morgan fingerprint density at radius 3 is 2.19 bits per heavy atom. The van der Waals surface area contributed by atoms with Crippen molar-refractivity contribution >= 4 is 108 Å². The molecule has 2 unspecified atom stereocenters. The van der Waals surface area contributed by atoms with Crippen LogP contribution in [0.15, 0.2) is 90.4 Å². The number of methoxy groups -OCH3 is 1. The fourth-order valence-electron chi connectivity index (χ4n) is 11.7. The van der Waals surface area contributed by atoms with E-state index in [1.54, 1.807) is 69.5 Å². The minimum absolute atomic E-state index is 0.0176. The number of amides is 8. The molecular formula is C67H89N13O24P2S2. The number of anilines is 2. The molecule has 2 saturated heterocycles. The number of aliphatic hydroxyl groups excluding tert-OH is 1. The number of nitrogens with zero attached hydrogens (tertiary/aromatic N) is 7. The van der Waals surface area contributed by atoms with Crippen molar-refractivity contribution in [2.45, 2.75) is 127 Å². The molecular weight excluding hydrogens is 1500 g/mol. The molecule has 2 aromatic carbocycles. The first-order chi connectivity index (χ1) is 51.7. The van der Waals surface area contributed by atoms with Crippen molar-refractivity contribution in [2.75, 3.05) is 104 Å². The number of fused-ring (bicyclic) bond motifs is 4. The number of H-pyrrole nitrogens is 1. The lowest BCUT2D eigenvalue weighted by atomic mass is 10.0. The molecule has 6 heterocycles. The summed E-state index contributed by atoms with van der Waals surface area (Å²) < 4.78 is 83.1. The summed E-state index contributed by atoms with van der Waals surface area (Å²) in [7, 11) is 3.04. The summed E-state index contributed by atoms with van der Waals surface area (Å²) in [6.45, 7) is -1.75. The van der Waals surface area contributed by atoms with Crippen LogP contribution in [0.1, 0.15) is 87.0 Å². The average molecular weight is 1590 g/mol. The zero-order valence-corrected chi connectivity index (χ0v) is 63.3. The van der Waals surface area contributed by atoms with Gasteiger partial charge in [-0.25, -0.2) is 24.3 Å². The monoisotopic (exact) mass is 1590 g/mol. The largest absolute Gasteiger partial charge is 0.474 e. The van der Waals surface area contributed by atoms with E-state index in [0.717, 1.165) is 11.2 Å². The summed E-state index contributed by atoms with van der Waals surface area (Å²) >= 11 is 9.63. The molecule has 4 aliphatic rings. The topological polar surface area (TPSA) is 461 Å². The molecule has 1 saturated carbocycles. The Morgan fingerprint density at radius 1 is 0.806 bits per heavy atom. The van der Waals surface area contributed by atoms with Gasteiger partial charge in [0.15, 0.2) is 17.4 Å². The van der Waals surface area contributed by atoms with Crippen molar-refractivity contribution in [2.24, 2.45) is 11.8 Å². The number of nitrogens with one attached hydrogen (secondary N) is 6. The number of ether oxygens (including phenoxy) is 8. The normalized spacial score (nSPS) is 23.0. The van der Waals surface area contributed by atoms with Crippen LogP contribution in [-0.2, 0) is 110 Å². The number of carbonyl (C=O) groups excluding carboxylic acids is 8. The third kappa shape index (κ3) is 24.7. The predicted molar refractivity (Wildman–Crippen MR) is 389 cm³/mol. The molecule has 12 atom stereocenters. The van der Waals surface area contributed by atoms with E-state index in [1.165, 1.54) is 54.2 Å². The van der Waals surface area contributed by atoms with Crippen LogP contribution in [0.3, 0.4) is 0 Å². The predicted octanol–water partition coefficient (Wildman–Crippen LogP) is 3.39. The fourth-order valence-corrected chi connectivity index (χ4v) is 14.7. The van der Waals surface area contributed by atoms with Crippen LogP contribution in [0.5, 0.6) is 5.88 Å². The number of benzene rings is 2. The van der Waals surface area contributed by atoms with Crippen LogP contribution >= 0.6 is 25.8 Å². The van der Waals surface area contributed by atoms with Crippen LogP contribution < -0.4 is 36.9 Å². The van der Waals surface area contributed by atoms with Gasteiger partial charge in [0.05, 0.1) is 85.1 Å². The summed E-state index contributed by atoms with van der Waals surface area (Å²) in [4.78, 5) is 152. The SMILES string of the molecule is COCCOCCOCCOCCOCCC(=O)N[C@@H](CCCCN1C(=O)C=CC1=O)C(=O)N[C@H](C(=O)N[C@@H](C)C(=O)Nc1ccc(COC(=O)N(C)Cc2ccccc2C(=O)Nc2nc3c(ncn3[C@@H]3O[C@H]4COP(O)(=S)O[C@H]5C[C@H](Oc6ccncn6)C[C@@H]5COP(=O)(S)O[C@@H]3[C@@H]4O)c(=O)[nH]2)cc1)C(C)C. The fraction of sp³-hybridized carbons (Fsp3) is 0.537. The molecule has 2 bridgehead atoms. The molecule has 8 amide bonds. The second-order valence-corrected chi connectivity index (χ2v) is 31.4. The Bertz CT molecular complexity index is 4090. The molecule has 0 spiro atoms. The van der Waals surface area contributed by atoms with Gasteiger partial charge in [0, 0.05) is 81.7 Å². The van der Waals surface area contributed by atoms with Gasteiger partial charge in [0.1, 0.15) is 55.5 Å². The average Bonchev–Trinajstić information content (AvgIpc) is 1.60. The van der Waals surface area contributed by atoms with Crippen molar-refractivity contribution in [1.29, 1.82) is 0 Å². The van der Waals surface area contributed by atoms with Gasteiger partial charge in [-0.3, -0.25) is 62.6 Å². The van der Waals surface area contributed by atoms with E-state index < -0.39 is 140 Å². The van der Waals surface area contributed by atoms with Gasteiger partial charge in [-0.05, 0) is 79.7 Å². The van der Waals surface area contributed by atoms with Crippen molar-refractivity contribution in [3.05, 3.63) is 113 Å². The highest BCUT2D eigenvalue weighted by Crippen LogP contribution is 2.59. The molecule has 37 nitrogen and oxygen atoms in total. The number of aromatic nitrogens is 6. The molecule has 5 aromatic rings. The lowest BCUT2D eigenvalue weighted by Gasteiger charge is -2.27. The van der Waals surface area contributed by atoms with Gasteiger partial charge in [0.25, 0.3) is 23.3 Å². The molecule has 1 aliphatic carbocycles. The number of rotatable bonds is 37. The molecule has 3 aliphatic heterocycles. The molecule has 41 heteroatoms. The van der Waals surface area contributed by atoms with Crippen LogP contribution in [0.2, 0.25) is 0 Å². The maximum atomic E-state index is 14.1. The van der Waals surface area contributed by atoms with Crippen molar-refractivity contribution in [3.63, 3.8) is 0 Å². The van der Waals surface area contributed by atoms with E-state index in [2.05, 4.69) is 63.8 Å². The van der Waals surface area contributed by atoms with Gasteiger partial charge in [-0.1, -0.05) is 56.4 Å². The van der Waals surface area contributed by atoms with Crippen LogP contribution in [0.4, 0.5) is 16.4 Å². The lowest BCUT2D eigenvalue weighted by molar-refractivity contribution is -0.137. The number of unbranched alkanes of at least 4 members (excludes halogenated alkanes) is 1. The van der Waals surface area contributed by atoms with E-state index in [1.807, 2.05) is 0 Å².